The van der Waals surface area contributed by atoms with Crippen LogP contribution in [0.1, 0.15) is 6.92 Å². The standard InChI is InChI=1S/C12H18N2O4S2/c1-2-18-12(15)9-14-20(16,17)7-6-19-11-5-3-4-10(13)8-11/h3-5,8,14H,2,6-7,9,13H2,1H3. The van der Waals surface area contributed by atoms with E-state index in [0.717, 1.165) is 4.90 Å². The summed E-state index contributed by atoms with van der Waals surface area (Å²) in [6.45, 7) is 1.56. The van der Waals surface area contributed by atoms with Gasteiger partial charge in [-0.15, -0.1) is 11.8 Å². The fourth-order valence-corrected chi connectivity index (χ4v) is 3.65. The topological polar surface area (TPSA) is 98.5 Å². The summed E-state index contributed by atoms with van der Waals surface area (Å²) in [6, 6.07) is 7.22. The molecule has 0 heterocycles. The zero-order chi connectivity index (χ0) is 15.0. The maximum Gasteiger partial charge on any atom is 0.320 e. The molecule has 0 aromatic heterocycles. The highest BCUT2D eigenvalue weighted by Gasteiger charge is 2.12. The van der Waals surface area contributed by atoms with E-state index in [4.69, 9.17) is 5.73 Å². The van der Waals surface area contributed by atoms with Gasteiger partial charge in [-0.1, -0.05) is 6.07 Å². The molecule has 8 heteroatoms. The number of hydrogen-bond donors (Lipinski definition) is 2. The number of carbonyl (C=O) groups excluding carboxylic acids is 1. The second-order valence-electron chi connectivity index (χ2n) is 3.87. The van der Waals surface area contributed by atoms with Crippen molar-refractivity contribution >= 4 is 33.4 Å². The van der Waals surface area contributed by atoms with Crippen LogP contribution in [0.25, 0.3) is 0 Å². The Hall–Kier alpha value is -1.25. The molecule has 1 rings (SSSR count). The van der Waals surface area contributed by atoms with Gasteiger partial charge in [0.15, 0.2) is 0 Å². The number of ether oxygens (including phenoxy) is 1. The van der Waals surface area contributed by atoms with Crippen molar-refractivity contribution in [3.63, 3.8) is 0 Å². The number of esters is 1. The summed E-state index contributed by atoms with van der Waals surface area (Å²) < 4.78 is 30.1. The smallest absolute Gasteiger partial charge is 0.320 e. The monoisotopic (exact) mass is 318 g/mol. The van der Waals surface area contributed by atoms with E-state index in [1.165, 1.54) is 11.8 Å². The quantitative estimate of drug-likeness (QED) is 0.419. The number of nitrogens with one attached hydrogen (secondary N) is 1. The lowest BCUT2D eigenvalue weighted by molar-refractivity contribution is -0.141. The number of nitrogen functional groups attached to an aromatic ring is 1. The number of rotatable bonds is 8. The van der Waals surface area contributed by atoms with Crippen LogP contribution < -0.4 is 10.5 Å². The lowest BCUT2D eigenvalue weighted by Gasteiger charge is -2.06. The van der Waals surface area contributed by atoms with Crippen molar-refractivity contribution in [2.24, 2.45) is 0 Å². The third kappa shape index (κ3) is 6.78. The second-order valence-corrected chi connectivity index (χ2v) is 6.96. The van der Waals surface area contributed by atoms with Gasteiger partial charge < -0.3 is 10.5 Å². The molecule has 20 heavy (non-hydrogen) atoms. The van der Waals surface area contributed by atoms with E-state index in [1.807, 2.05) is 12.1 Å². The van der Waals surface area contributed by atoms with Gasteiger partial charge in [-0.25, -0.2) is 13.1 Å². The molecule has 0 fully saturated rings. The van der Waals surface area contributed by atoms with E-state index in [2.05, 4.69) is 9.46 Å². The Morgan fingerprint density at radius 3 is 2.85 bits per heavy atom. The molecule has 0 saturated heterocycles. The molecule has 0 aliphatic carbocycles. The Bertz CT molecular complexity index is 546. The van der Waals surface area contributed by atoms with Gasteiger partial charge >= 0.3 is 5.97 Å². The first kappa shape index (κ1) is 16.8. The zero-order valence-electron chi connectivity index (χ0n) is 11.2. The average molecular weight is 318 g/mol. The van der Waals surface area contributed by atoms with Gasteiger partial charge in [0.05, 0.1) is 12.4 Å². The molecule has 112 valence electrons. The Morgan fingerprint density at radius 1 is 1.45 bits per heavy atom. The molecule has 6 nitrogen and oxygen atoms in total. The summed E-state index contributed by atoms with van der Waals surface area (Å²) >= 11 is 1.39. The number of anilines is 1. The van der Waals surface area contributed by atoms with Crippen LogP contribution in [-0.4, -0.2) is 39.0 Å². The minimum Gasteiger partial charge on any atom is -0.465 e. The van der Waals surface area contributed by atoms with Gasteiger partial charge in [-0.2, -0.15) is 0 Å². The summed E-state index contributed by atoms with van der Waals surface area (Å²) in [4.78, 5) is 12.0. The molecule has 0 atom stereocenters. The molecule has 1 aromatic rings. The highest BCUT2D eigenvalue weighted by atomic mass is 32.2. The number of thioether (sulfide) groups is 1. The molecule has 0 aliphatic rings. The molecule has 0 aliphatic heterocycles. The lowest BCUT2D eigenvalue weighted by Crippen LogP contribution is -2.33. The lowest BCUT2D eigenvalue weighted by atomic mass is 10.3. The summed E-state index contributed by atoms with van der Waals surface area (Å²) in [5.74, 6) is -0.285. The van der Waals surface area contributed by atoms with Crippen molar-refractivity contribution in [2.45, 2.75) is 11.8 Å². The van der Waals surface area contributed by atoms with E-state index in [1.54, 1.807) is 19.1 Å². The maximum atomic E-state index is 11.6. The molecule has 0 saturated carbocycles. The third-order valence-corrected chi connectivity index (χ3v) is 4.80. The van der Waals surface area contributed by atoms with Gasteiger partial charge in [0, 0.05) is 16.3 Å². The van der Waals surface area contributed by atoms with Crippen molar-refractivity contribution in [3.05, 3.63) is 24.3 Å². The van der Waals surface area contributed by atoms with Crippen LogP contribution in [0.4, 0.5) is 5.69 Å². The van der Waals surface area contributed by atoms with Crippen molar-refractivity contribution in [1.29, 1.82) is 0 Å². The van der Waals surface area contributed by atoms with Crippen molar-refractivity contribution in [3.8, 4) is 0 Å². The summed E-state index contributed by atoms with van der Waals surface area (Å²) in [6.07, 6.45) is 0. The largest absolute Gasteiger partial charge is 0.465 e. The van der Waals surface area contributed by atoms with Gasteiger partial charge in [-0.3, -0.25) is 4.79 Å². The first-order chi connectivity index (χ1) is 9.43. The minimum atomic E-state index is -3.48. The van der Waals surface area contributed by atoms with Gasteiger partial charge in [0.1, 0.15) is 6.54 Å². The summed E-state index contributed by atoms with van der Waals surface area (Å²) in [7, 11) is -3.48. The molecule has 0 unspecified atom stereocenters. The number of sulfonamides is 1. The fourth-order valence-electron chi connectivity index (χ4n) is 1.33. The van der Waals surface area contributed by atoms with Crippen LogP contribution in [0.3, 0.4) is 0 Å². The molecule has 0 spiro atoms. The Kier molecular flexibility index (Phi) is 6.83. The van der Waals surface area contributed by atoms with Crippen LogP contribution >= 0.6 is 11.8 Å². The number of benzene rings is 1. The van der Waals surface area contributed by atoms with E-state index in [9.17, 15) is 13.2 Å². The molecular weight excluding hydrogens is 300 g/mol. The molecule has 0 bridgehead atoms. The normalized spacial score (nSPS) is 11.2. The van der Waals surface area contributed by atoms with Crippen molar-refractivity contribution in [1.82, 2.24) is 4.72 Å². The third-order valence-electron chi connectivity index (χ3n) is 2.22. The highest BCUT2D eigenvalue weighted by molar-refractivity contribution is 8.00. The molecular formula is C12H18N2O4S2. The van der Waals surface area contributed by atoms with Crippen LogP contribution in [0.15, 0.2) is 29.2 Å². The van der Waals surface area contributed by atoms with Crippen LogP contribution in [0.5, 0.6) is 0 Å². The SMILES string of the molecule is CCOC(=O)CNS(=O)(=O)CCSc1cccc(N)c1. The van der Waals surface area contributed by atoms with Crippen LogP contribution in [0, 0.1) is 0 Å². The number of hydrogen-bond acceptors (Lipinski definition) is 6. The number of nitrogens with two attached hydrogens (primary N) is 1. The zero-order valence-corrected chi connectivity index (χ0v) is 12.8. The predicted molar refractivity (Wildman–Crippen MR) is 80.0 cm³/mol. The number of carbonyl (C=O) groups is 1. The summed E-state index contributed by atoms with van der Waals surface area (Å²) in [5, 5.41) is 0. The maximum absolute atomic E-state index is 11.6. The van der Waals surface area contributed by atoms with Crippen LogP contribution in [-0.2, 0) is 19.6 Å². The Balaban J connectivity index is 2.34. The van der Waals surface area contributed by atoms with Gasteiger partial charge in [0.25, 0.3) is 0 Å². The first-order valence-electron chi connectivity index (χ1n) is 6.04. The van der Waals surface area contributed by atoms with E-state index < -0.39 is 16.0 Å². The molecule has 3 N–H and O–H groups in total. The van der Waals surface area contributed by atoms with Crippen molar-refractivity contribution in [2.75, 3.05) is 30.4 Å². The Morgan fingerprint density at radius 2 is 2.20 bits per heavy atom. The second kappa shape index (κ2) is 8.13. The summed E-state index contributed by atoms with van der Waals surface area (Å²) in [5.41, 5.74) is 6.27. The average Bonchev–Trinajstić information content (AvgIpc) is 2.37. The van der Waals surface area contributed by atoms with Gasteiger partial charge in [-0.05, 0) is 25.1 Å². The fraction of sp³-hybridized carbons (Fsp3) is 0.417. The first-order valence-corrected chi connectivity index (χ1v) is 8.68. The van der Waals surface area contributed by atoms with E-state index in [-0.39, 0.29) is 18.9 Å². The molecule has 1 aromatic carbocycles. The van der Waals surface area contributed by atoms with E-state index >= 15 is 0 Å². The van der Waals surface area contributed by atoms with Crippen molar-refractivity contribution < 1.29 is 17.9 Å². The van der Waals surface area contributed by atoms with Crippen LogP contribution in [0.2, 0.25) is 0 Å². The van der Waals surface area contributed by atoms with Gasteiger partial charge in [0.2, 0.25) is 10.0 Å². The molecule has 0 amide bonds. The minimum absolute atomic E-state index is 0.0775. The molecule has 0 radical (unpaired) electrons. The highest BCUT2D eigenvalue weighted by Crippen LogP contribution is 2.20. The Labute approximate surface area is 123 Å². The predicted octanol–water partition coefficient (Wildman–Crippen LogP) is 0.843. The van der Waals surface area contributed by atoms with E-state index in [0.29, 0.717) is 11.4 Å².